The van der Waals surface area contributed by atoms with Gasteiger partial charge in [-0.15, -0.1) is 0 Å². The van der Waals surface area contributed by atoms with Gasteiger partial charge in [-0.05, 0) is 18.6 Å². The first-order valence-electron chi connectivity index (χ1n) is 6.33. The molecule has 0 aliphatic carbocycles. The molecule has 2 heterocycles. The Kier molecular flexibility index (Phi) is 2.88. The third-order valence-electron chi connectivity index (χ3n) is 3.26. The van der Waals surface area contributed by atoms with Crippen molar-refractivity contribution in [3.05, 3.63) is 66.0 Å². The number of imidazole rings is 1. The first-order chi connectivity index (χ1) is 9.69. The van der Waals surface area contributed by atoms with Crippen LogP contribution in [0.25, 0.3) is 21.9 Å². The molecule has 0 bridgehead atoms. The van der Waals surface area contributed by atoms with Gasteiger partial charge in [0.05, 0.1) is 12.3 Å². The van der Waals surface area contributed by atoms with E-state index in [9.17, 15) is 0 Å². The highest BCUT2D eigenvalue weighted by atomic mass is 15.1. The molecule has 2 aromatic heterocycles. The van der Waals surface area contributed by atoms with E-state index in [0.717, 1.165) is 17.1 Å². The molecular weight excluding hydrogens is 248 g/mol. The van der Waals surface area contributed by atoms with Crippen LogP contribution in [0, 0.1) is 13.5 Å². The number of aryl methyl sites for hydroxylation is 2. The smallest absolute Gasteiger partial charge is 0.187 e. The molecule has 0 radical (unpaired) electrons. The van der Waals surface area contributed by atoms with Crippen LogP contribution in [0.3, 0.4) is 0 Å². The molecule has 4 heteroatoms. The van der Waals surface area contributed by atoms with Crippen molar-refractivity contribution in [2.75, 3.05) is 0 Å². The SMILES string of the molecule is [C-]#[N+]c1cccc(-c2nccn2-c2cn(C)cc2C)c1. The maximum absolute atomic E-state index is 7.12. The predicted molar refractivity (Wildman–Crippen MR) is 79.0 cm³/mol. The van der Waals surface area contributed by atoms with Crippen molar-refractivity contribution in [3.8, 4) is 17.1 Å². The van der Waals surface area contributed by atoms with E-state index < -0.39 is 0 Å². The topological polar surface area (TPSA) is 27.1 Å². The second-order valence-electron chi connectivity index (χ2n) is 4.77. The van der Waals surface area contributed by atoms with Crippen LogP contribution in [0.5, 0.6) is 0 Å². The van der Waals surface area contributed by atoms with Gasteiger partial charge < -0.3 is 4.57 Å². The van der Waals surface area contributed by atoms with E-state index in [1.54, 1.807) is 12.3 Å². The van der Waals surface area contributed by atoms with Gasteiger partial charge in [0.1, 0.15) is 5.82 Å². The highest BCUT2D eigenvalue weighted by molar-refractivity contribution is 5.65. The molecule has 0 N–H and O–H groups in total. The minimum atomic E-state index is 0.627. The molecule has 1 aromatic carbocycles. The molecule has 0 aliphatic heterocycles. The van der Waals surface area contributed by atoms with Crippen molar-refractivity contribution in [1.29, 1.82) is 0 Å². The summed E-state index contributed by atoms with van der Waals surface area (Å²) in [5.74, 6) is 0.852. The number of hydrogen-bond donors (Lipinski definition) is 0. The first-order valence-corrected chi connectivity index (χ1v) is 6.33. The molecule has 3 rings (SSSR count). The molecule has 0 fully saturated rings. The molecule has 0 aliphatic rings. The minimum Gasteiger partial charge on any atom is -0.355 e. The van der Waals surface area contributed by atoms with Crippen molar-refractivity contribution in [3.63, 3.8) is 0 Å². The van der Waals surface area contributed by atoms with Gasteiger partial charge in [0.2, 0.25) is 0 Å². The van der Waals surface area contributed by atoms with Crippen LogP contribution in [0.15, 0.2) is 49.1 Å². The summed E-state index contributed by atoms with van der Waals surface area (Å²) in [5.41, 5.74) is 3.87. The summed E-state index contributed by atoms with van der Waals surface area (Å²) in [4.78, 5) is 7.91. The third kappa shape index (κ3) is 1.99. The number of benzene rings is 1. The molecule has 0 saturated carbocycles. The molecule has 0 atom stereocenters. The third-order valence-corrected chi connectivity index (χ3v) is 3.26. The van der Waals surface area contributed by atoms with Crippen LogP contribution >= 0.6 is 0 Å². The van der Waals surface area contributed by atoms with E-state index in [1.807, 2.05) is 36.0 Å². The zero-order valence-electron chi connectivity index (χ0n) is 11.4. The Bertz CT molecular complexity index is 802. The van der Waals surface area contributed by atoms with E-state index in [2.05, 4.69) is 33.7 Å². The Hall–Kier alpha value is -2.80. The lowest BCUT2D eigenvalue weighted by atomic mass is 10.2. The van der Waals surface area contributed by atoms with E-state index in [-0.39, 0.29) is 0 Å². The van der Waals surface area contributed by atoms with Gasteiger partial charge in [-0.1, -0.05) is 18.2 Å². The van der Waals surface area contributed by atoms with Crippen molar-refractivity contribution < 1.29 is 0 Å². The average molecular weight is 262 g/mol. The summed E-state index contributed by atoms with van der Waals surface area (Å²) in [6, 6.07) is 7.53. The Morgan fingerprint density at radius 1 is 1.25 bits per heavy atom. The van der Waals surface area contributed by atoms with Crippen molar-refractivity contribution >= 4 is 5.69 Å². The normalized spacial score (nSPS) is 10.4. The fraction of sp³-hybridized carbons (Fsp3) is 0.125. The molecule has 98 valence electrons. The quantitative estimate of drug-likeness (QED) is 0.646. The van der Waals surface area contributed by atoms with Gasteiger partial charge in [-0.25, -0.2) is 9.83 Å². The molecule has 4 nitrogen and oxygen atoms in total. The zero-order chi connectivity index (χ0) is 14.1. The first kappa shape index (κ1) is 12.2. The summed E-state index contributed by atoms with van der Waals surface area (Å²) >= 11 is 0. The molecule has 3 aromatic rings. The largest absolute Gasteiger partial charge is 0.355 e. The van der Waals surface area contributed by atoms with Crippen molar-refractivity contribution in [2.45, 2.75) is 6.92 Å². The number of rotatable bonds is 2. The van der Waals surface area contributed by atoms with Crippen molar-refractivity contribution in [1.82, 2.24) is 14.1 Å². The predicted octanol–water partition coefficient (Wildman–Crippen LogP) is 3.74. The Balaban J connectivity index is 2.15. The Morgan fingerprint density at radius 3 is 2.80 bits per heavy atom. The summed E-state index contributed by atoms with van der Waals surface area (Å²) in [5, 5.41) is 0. The Morgan fingerprint density at radius 2 is 2.10 bits per heavy atom. The number of aromatic nitrogens is 3. The maximum Gasteiger partial charge on any atom is 0.187 e. The fourth-order valence-corrected chi connectivity index (χ4v) is 2.38. The minimum absolute atomic E-state index is 0.627. The van der Waals surface area contributed by atoms with Crippen LogP contribution in [0.2, 0.25) is 0 Å². The highest BCUT2D eigenvalue weighted by Crippen LogP contribution is 2.26. The monoisotopic (exact) mass is 262 g/mol. The second-order valence-corrected chi connectivity index (χ2v) is 4.77. The summed E-state index contributed by atoms with van der Waals surface area (Å²) in [7, 11) is 2.01. The van der Waals surface area contributed by atoms with Gasteiger partial charge >= 0.3 is 0 Å². The van der Waals surface area contributed by atoms with Gasteiger partial charge in [0.25, 0.3) is 0 Å². The molecule has 0 spiro atoms. The summed E-state index contributed by atoms with van der Waals surface area (Å²) < 4.78 is 4.09. The Labute approximate surface area is 117 Å². The van der Waals surface area contributed by atoms with E-state index >= 15 is 0 Å². The fourth-order valence-electron chi connectivity index (χ4n) is 2.38. The lowest BCUT2D eigenvalue weighted by Crippen LogP contribution is -1.96. The maximum atomic E-state index is 7.12. The molecule has 0 amide bonds. The standard InChI is InChI=1S/C16H14N4/c1-12-10-19(3)11-15(12)20-8-7-18-16(20)13-5-4-6-14(9-13)17-2/h4-11H,1,3H3. The van der Waals surface area contributed by atoms with Gasteiger partial charge in [0.15, 0.2) is 5.69 Å². The van der Waals surface area contributed by atoms with Gasteiger partial charge in [-0.2, -0.15) is 0 Å². The van der Waals surface area contributed by atoms with Crippen molar-refractivity contribution in [2.24, 2.45) is 7.05 Å². The molecule has 0 saturated heterocycles. The highest BCUT2D eigenvalue weighted by Gasteiger charge is 2.11. The van der Waals surface area contributed by atoms with Crippen LogP contribution in [-0.2, 0) is 7.05 Å². The van der Waals surface area contributed by atoms with Crippen LogP contribution in [-0.4, -0.2) is 14.1 Å². The lowest BCUT2D eigenvalue weighted by molar-refractivity contribution is 0.918. The second kappa shape index (κ2) is 4.71. The average Bonchev–Trinajstić information content (AvgIpc) is 3.05. The molecule has 0 unspecified atom stereocenters. The van der Waals surface area contributed by atoms with Gasteiger partial charge in [0, 0.05) is 37.4 Å². The summed E-state index contributed by atoms with van der Waals surface area (Å²) in [6.07, 6.45) is 7.88. The van der Waals surface area contributed by atoms with Crippen LogP contribution < -0.4 is 0 Å². The summed E-state index contributed by atoms with van der Waals surface area (Å²) in [6.45, 7) is 9.19. The van der Waals surface area contributed by atoms with Crippen LogP contribution in [0.1, 0.15) is 5.56 Å². The van der Waals surface area contributed by atoms with E-state index in [4.69, 9.17) is 6.57 Å². The number of hydrogen-bond acceptors (Lipinski definition) is 1. The lowest BCUT2D eigenvalue weighted by Gasteiger charge is -2.07. The number of nitrogens with zero attached hydrogens (tertiary/aromatic N) is 4. The molecular formula is C16H14N4. The van der Waals surface area contributed by atoms with E-state index in [0.29, 0.717) is 5.69 Å². The molecule has 20 heavy (non-hydrogen) atoms. The van der Waals surface area contributed by atoms with Crippen LogP contribution in [0.4, 0.5) is 5.69 Å². The van der Waals surface area contributed by atoms with E-state index in [1.165, 1.54) is 5.56 Å². The van der Waals surface area contributed by atoms with Gasteiger partial charge in [-0.3, -0.25) is 4.57 Å². The zero-order valence-corrected chi connectivity index (χ0v) is 11.4.